The van der Waals surface area contributed by atoms with Crippen molar-refractivity contribution < 1.29 is 4.79 Å². The molecule has 1 aromatic rings. The summed E-state index contributed by atoms with van der Waals surface area (Å²) >= 11 is 0. The van der Waals surface area contributed by atoms with Gasteiger partial charge in [-0.2, -0.15) is 5.26 Å². The van der Waals surface area contributed by atoms with Crippen LogP contribution in [0.5, 0.6) is 0 Å². The Balaban J connectivity index is 1.47. The fraction of sp³-hybridized carbons (Fsp3) is 0.600. The van der Waals surface area contributed by atoms with Crippen molar-refractivity contribution in [1.29, 1.82) is 5.26 Å². The summed E-state index contributed by atoms with van der Waals surface area (Å²) < 4.78 is 0. The number of hydrogen-bond donors (Lipinski definition) is 1. The lowest BCUT2D eigenvalue weighted by molar-refractivity contribution is -0.124. The minimum Gasteiger partial charge on any atom is -0.337 e. The Morgan fingerprint density at radius 1 is 1.29 bits per heavy atom. The Morgan fingerprint density at radius 2 is 2.04 bits per heavy atom. The SMILES string of the molecule is C[C@](C#N)(NC(=O)CN(C1CC1)[C@@H]1CCc2ccccc21)C1CC1. The van der Waals surface area contributed by atoms with Gasteiger partial charge in [0.05, 0.1) is 12.6 Å². The minimum absolute atomic E-state index is 0.00207. The lowest BCUT2D eigenvalue weighted by atomic mass is 9.98. The van der Waals surface area contributed by atoms with E-state index in [0.717, 1.165) is 25.7 Å². The van der Waals surface area contributed by atoms with E-state index in [9.17, 15) is 10.1 Å². The zero-order valence-corrected chi connectivity index (χ0v) is 14.3. The molecule has 0 unspecified atom stereocenters. The fourth-order valence-electron chi connectivity index (χ4n) is 4.16. The number of fused-ring (bicyclic) bond motifs is 1. The number of nitrogens with zero attached hydrogens (tertiary/aromatic N) is 2. The average Bonchev–Trinajstić information content (AvgIpc) is 3.48. The van der Waals surface area contributed by atoms with E-state index in [2.05, 4.69) is 40.6 Å². The predicted octanol–water partition coefficient (Wildman–Crippen LogP) is 2.95. The fourth-order valence-corrected chi connectivity index (χ4v) is 4.16. The average molecular weight is 323 g/mol. The summed E-state index contributed by atoms with van der Waals surface area (Å²) in [6.07, 6.45) is 6.67. The molecule has 0 aromatic heterocycles. The van der Waals surface area contributed by atoms with Crippen molar-refractivity contribution in [2.75, 3.05) is 6.54 Å². The first kappa shape index (κ1) is 15.7. The molecule has 4 nitrogen and oxygen atoms in total. The highest BCUT2D eigenvalue weighted by Crippen LogP contribution is 2.42. The van der Waals surface area contributed by atoms with Gasteiger partial charge < -0.3 is 5.32 Å². The van der Waals surface area contributed by atoms with Crippen LogP contribution in [0.2, 0.25) is 0 Å². The Morgan fingerprint density at radius 3 is 2.71 bits per heavy atom. The van der Waals surface area contributed by atoms with Gasteiger partial charge in [0, 0.05) is 12.1 Å². The van der Waals surface area contributed by atoms with E-state index >= 15 is 0 Å². The second-order valence-corrected chi connectivity index (χ2v) is 7.79. The maximum absolute atomic E-state index is 12.7. The first-order valence-corrected chi connectivity index (χ1v) is 9.16. The first-order valence-electron chi connectivity index (χ1n) is 9.16. The number of rotatable bonds is 6. The van der Waals surface area contributed by atoms with Crippen LogP contribution in [0.3, 0.4) is 0 Å². The molecule has 3 aliphatic rings. The van der Waals surface area contributed by atoms with E-state index < -0.39 is 5.54 Å². The third kappa shape index (κ3) is 2.93. The molecule has 24 heavy (non-hydrogen) atoms. The van der Waals surface area contributed by atoms with Gasteiger partial charge in [-0.15, -0.1) is 0 Å². The van der Waals surface area contributed by atoms with E-state index in [-0.39, 0.29) is 5.91 Å². The van der Waals surface area contributed by atoms with Crippen LogP contribution in [0, 0.1) is 17.2 Å². The molecule has 2 fully saturated rings. The van der Waals surface area contributed by atoms with Crippen molar-refractivity contribution in [1.82, 2.24) is 10.2 Å². The molecule has 4 heteroatoms. The zero-order chi connectivity index (χ0) is 16.7. The Bertz CT molecular complexity index is 686. The van der Waals surface area contributed by atoms with Gasteiger partial charge in [0.1, 0.15) is 5.54 Å². The highest BCUT2D eigenvalue weighted by molar-refractivity contribution is 5.79. The van der Waals surface area contributed by atoms with Crippen LogP contribution in [0.15, 0.2) is 24.3 Å². The van der Waals surface area contributed by atoms with Crippen molar-refractivity contribution in [3.63, 3.8) is 0 Å². The summed E-state index contributed by atoms with van der Waals surface area (Å²) in [6.45, 7) is 2.28. The summed E-state index contributed by atoms with van der Waals surface area (Å²) in [5, 5.41) is 12.5. The van der Waals surface area contributed by atoms with Gasteiger partial charge in [0.15, 0.2) is 0 Å². The summed E-state index contributed by atoms with van der Waals surface area (Å²) in [4.78, 5) is 15.0. The summed E-state index contributed by atoms with van der Waals surface area (Å²) in [6, 6.07) is 11.8. The molecule has 2 atom stereocenters. The summed E-state index contributed by atoms with van der Waals surface area (Å²) in [5.74, 6) is 0.329. The number of aryl methyl sites for hydroxylation is 1. The van der Waals surface area contributed by atoms with Crippen LogP contribution >= 0.6 is 0 Å². The zero-order valence-electron chi connectivity index (χ0n) is 14.3. The van der Waals surface area contributed by atoms with Gasteiger partial charge in [-0.3, -0.25) is 9.69 Å². The van der Waals surface area contributed by atoms with Crippen molar-refractivity contribution in [2.24, 2.45) is 5.92 Å². The molecule has 4 rings (SSSR count). The number of carbonyl (C=O) groups is 1. The molecule has 3 aliphatic carbocycles. The smallest absolute Gasteiger partial charge is 0.235 e. The van der Waals surface area contributed by atoms with E-state index in [1.807, 2.05) is 6.92 Å². The van der Waals surface area contributed by atoms with Crippen LogP contribution in [0.1, 0.15) is 56.2 Å². The molecule has 0 heterocycles. The van der Waals surface area contributed by atoms with Gasteiger partial charge in [-0.25, -0.2) is 0 Å². The third-order valence-electron chi connectivity index (χ3n) is 5.87. The van der Waals surface area contributed by atoms with Gasteiger partial charge in [0.2, 0.25) is 5.91 Å². The van der Waals surface area contributed by atoms with Crippen LogP contribution in [0.25, 0.3) is 0 Å². The van der Waals surface area contributed by atoms with Crippen molar-refractivity contribution in [3.05, 3.63) is 35.4 Å². The lowest BCUT2D eigenvalue weighted by Crippen LogP contribution is -2.50. The number of hydrogen-bond acceptors (Lipinski definition) is 3. The molecule has 1 N–H and O–H groups in total. The van der Waals surface area contributed by atoms with Crippen LogP contribution < -0.4 is 5.32 Å². The standard InChI is InChI=1S/C20H25N3O/c1-20(13-21,15-7-8-15)22-19(24)12-23(16-9-10-16)18-11-6-14-4-2-3-5-17(14)18/h2-5,15-16,18H,6-12H2,1H3,(H,22,24)/t18-,20-/m1/s1. The predicted molar refractivity (Wildman–Crippen MR) is 92.1 cm³/mol. The molecule has 2 saturated carbocycles. The molecule has 0 bridgehead atoms. The van der Waals surface area contributed by atoms with E-state index in [0.29, 0.717) is 24.5 Å². The number of carbonyl (C=O) groups excluding carboxylic acids is 1. The number of nitriles is 1. The number of nitrogens with one attached hydrogen (secondary N) is 1. The van der Waals surface area contributed by atoms with Gasteiger partial charge in [-0.1, -0.05) is 24.3 Å². The van der Waals surface area contributed by atoms with Gasteiger partial charge in [-0.05, 0) is 62.5 Å². The second kappa shape index (κ2) is 5.89. The Hall–Kier alpha value is -1.86. The third-order valence-corrected chi connectivity index (χ3v) is 5.87. The minimum atomic E-state index is -0.695. The molecule has 0 aliphatic heterocycles. The van der Waals surface area contributed by atoms with Gasteiger partial charge in [0.25, 0.3) is 0 Å². The van der Waals surface area contributed by atoms with Crippen LogP contribution in [-0.4, -0.2) is 28.9 Å². The van der Waals surface area contributed by atoms with Crippen LogP contribution in [0.4, 0.5) is 0 Å². The largest absolute Gasteiger partial charge is 0.337 e. The topological polar surface area (TPSA) is 56.1 Å². The normalized spacial score (nSPS) is 25.0. The van der Waals surface area contributed by atoms with E-state index in [1.165, 1.54) is 24.0 Å². The van der Waals surface area contributed by atoms with Gasteiger partial charge >= 0.3 is 0 Å². The molecular formula is C20H25N3O. The highest BCUT2D eigenvalue weighted by atomic mass is 16.2. The highest BCUT2D eigenvalue weighted by Gasteiger charge is 2.44. The molecule has 0 saturated heterocycles. The first-order chi connectivity index (χ1) is 11.6. The molecule has 0 radical (unpaired) electrons. The Kier molecular flexibility index (Phi) is 3.85. The molecule has 1 amide bonds. The monoisotopic (exact) mass is 323 g/mol. The maximum Gasteiger partial charge on any atom is 0.235 e. The molecule has 0 spiro atoms. The summed E-state index contributed by atoms with van der Waals surface area (Å²) in [5.41, 5.74) is 2.12. The maximum atomic E-state index is 12.7. The van der Waals surface area contributed by atoms with Crippen molar-refractivity contribution in [3.8, 4) is 6.07 Å². The van der Waals surface area contributed by atoms with E-state index in [4.69, 9.17) is 0 Å². The van der Waals surface area contributed by atoms with Crippen molar-refractivity contribution >= 4 is 5.91 Å². The quantitative estimate of drug-likeness (QED) is 0.875. The lowest BCUT2D eigenvalue weighted by Gasteiger charge is -2.31. The number of benzene rings is 1. The Labute approximate surface area is 143 Å². The summed E-state index contributed by atoms with van der Waals surface area (Å²) in [7, 11) is 0. The number of amides is 1. The van der Waals surface area contributed by atoms with Crippen LogP contribution in [-0.2, 0) is 11.2 Å². The molecule has 126 valence electrons. The molecule has 1 aromatic carbocycles. The van der Waals surface area contributed by atoms with Crippen molar-refractivity contribution in [2.45, 2.75) is 63.1 Å². The second-order valence-electron chi connectivity index (χ2n) is 7.79. The molecular weight excluding hydrogens is 298 g/mol. The van der Waals surface area contributed by atoms with E-state index in [1.54, 1.807) is 0 Å².